The van der Waals surface area contributed by atoms with E-state index in [1.54, 1.807) is 54.6 Å². The largest absolute Gasteiger partial charge is 0.352 e. The van der Waals surface area contributed by atoms with E-state index in [4.69, 9.17) is 0 Å². The summed E-state index contributed by atoms with van der Waals surface area (Å²) in [6, 6.07) is 14.2. The number of hydrogen-bond acceptors (Lipinski definition) is 4. The van der Waals surface area contributed by atoms with Crippen molar-refractivity contribution >= 4 is 27.5 Å². The molecule has 8 heteroatoms. The summed E-state index contributed by atoms with van der Waals surface area (Å²) in [6.07, 6.45) is 2.86. The fourth-order valence-electron chi connectivity index (χ4n) is 2.82. The van der Waals surface area contributed by atoms with Crippen LogP contribution in [-0.4, -0.2) is 44.4 Å². The highest BCUT2D eigenvalue weighted by atomic mass is 32.2. The Morgan fingerprint density at radius 2 is 1.66 bits per heavy atom. The number of hydrogen-bond donors (Lipinski definition) is 2. The first-order valence-electron chi connectivity index (χ1n) is 9.41. The second-order valence-electron chi connectivity index (χ2n) is 6.74. The Hall–Kier alpha value is -2.71. The maximum Gasteiger partial charge on any atom is 0.253 e. The summed E-state index contributed by atoms with van der Waals surface area (Å²) in [4.78, 5) is 25.6. The normalized spacial score (nSPS) is 12.4. The first-order chi connectivity index (χ1) is 13.8. The minimum absolute atomic E-state index is 0.290. The van der Waals surface area contributed by atoms with Crippen LogP contribution in [0.25, 0.3) is 0 Å². The zero-order valence-corrected chi connectivity index (χ0v) is 17.7. The van der Waals surface area contributed by atoms with E-state index in [0.29, 0.717) is 23.4 Å². The monoisotopic (exact) mass is 417 g/mol. The fourth-order valence-corrected chi connectivity index (χ4v) is 3.42. The van der Waals surface area contributed by atoms with Crippen LogP contribution in [0.2, 0.25) is 0 Å². The molecule has 1 atom stereocenters. The smallest absolute Gasteiger partial charge is 0.253 e. The van der Waals surface area contributed by atoms with Crippen molar-refractivity contribution in [2.24, 2.45) is 0 Å². The molecule has 2 aromatic rings. The van der Waals surface area contributed by atoms with E-state index in [1.165, 1.54) is 7.05 Å². The lowest BCUT2D eigenvalue weighted by atomic mass is 10.1. The SMILES string of the molecule is CCCCNC(=O)c1ccccc1NC(=O)C(c1ccccc1)N(C)S(C)(=O)=O. The summed E-state index contributed by atoms with van der Waals surface area (Å²) in [5.74, 6) is -0.833. The number of carbonyl (C=O) groups excluding carboxylic acids is 2. The first kappa shape index (κ1) is 22.6. The van der Waals surface area contributed by atoms with Crippen molar-refractivity contribution in [1.29, 1.82) is 0 Å². The van der Waals surface area contributed by atoms with Crippen molar-refractivity contribution in [1.82, 2.24) is 9.62 Å². The van der Waals surface area contributed by atoms with Crippen LogP contribution in [-0.2, 0) is 14.8 Å². The van der Waals surface area contributed by atoms with Gasteiger partial charge in [0.05, 0.1) is 17.5 Å². The average molecular weight is 418 g/mol. The second kappa shape index (κ2) is 10.2. The van der Waals surface area contributed by atoms with Crippen molar-refractivity contribution in [3.8, 4) is 0 Å². The highest BCUT2D eigenvalue weighted by Gasteiger charge is 2.31. The number of sulfonamides is 1. The van der Waals surface area contributed by atoms with Gasteiger partial charge in [0.2, 0.25) is 15.9 Å². The van der Waals surface area contributed by atoms with Crippen molar-refractivity contribution in [2.75, 3.05) is 25.2 Å². The number of anilines is 1. The molecule has 2 amide bonds. The Morgan fingerprint density at radius 1 is 1.03 bits per heavy atom. The first-order valence-corrected chi connectivity index (χ1v) is 11.3. The third-order valence-electron chi connectivity index (χ3n) is 4.50. The van der Waals surface area contributed by atoms with Crippen LogP contribution in [0.15, 0.2) is 54.6 Å². The number of likely N-dealkylation sites (N-methyl/N-ethyl adjacent to an activating group) is 1. The summed E-state index contributed by atoms with van der Waals surface area (Å²) < 4.78 is 25.2. The molecule has 2 N–H and O–H groups in total. The molecule has 0 bridgehead atoms. The molecule has 1 unspecified atom stereocenters. The van der Waals surface area contributed by atoms with Gasteiger partial charge < -0.3 is 10.6 Å². The third-order valence-corrected chi connectivity index (χ3v) is 5.75. The molecule has 0 spiro atoms. The molecule has 0 aliphatic carbocycles. The van der Waals surface area contributed by atoms with Crippen molar-refractivity contribution in [3.05, 3.63) is 65.7 Å². The summed E-state index contributed by atoms with van der Waals surface area (Å²) in [5, 5.41) is 5.55. The Labute approximate surface area is 172 Å². The van der Waals surface area contributed by atoms with Crippen LogP contribution in [0.5, 0.6) is 0 Å². The molecule has 2 rings (SSSR count). The van der Waals surface area contributed by atoms with Gasteiger partial charge in [0.15, 0.2) is 0 Å². The summed E-state index contributed by atoms with van der Waals surface area (Å²) in [6.45, 7) is 2.57. The van der Waals surface area contributed by atoms with Gasteiger partial charge in [0, 0.05) is 13.6 Å². The van der Waals surface area contributed by atoms with Crippen molar-refractivity contribution < 1.29 is 18.0 Å². The maximum atomic E-state index is 13.1. The summed E-state index contributed by atoms with van der Waals surface area (Å²) >= 11 is 0. The summed E-state index contributed by atoms with van der Waals surface area (Å²) in [7, 11) is -2.28. The van der Waals surface area contributed by atoms with Crippen LogP contribution in [0.3, 0.4) is 0 Å². The predicted octanol–water partition coefficient (Wildman–Crippen LogP) is 2.79. The van der Waals surface area contributed by atoms with Crippen molar-refractivity contribution in [2.45, 2.75) is 25.8 Å². The van der Waals surface area contributed by atoms with Gasteiger partial charge in [0.25, 0.3) is 5.91 Å². The molecule has 0 aliphatic heterocycles. The van der Waals surface area contributed by atoms with Crippen LogP contribution in [0.1, 0.15) is 41.7 Å². The lowest BCUT2D eigenvalue weighted by Crippen LogP contribution is -2.38. The van der Waals surface area contributed by atoms with Gasteiger partial charge in [0.1, 0.15) is 6.04 Å². The molecule has 0 saturated carbocycles. The zero-order valence-electron chi connectivity index (χ0n) is 16.9. The molecule has 156 valence electrons. The topological polar surface area (TPSA) is 95.6 Å². The Bertz CT molecular complexity index is 945. The molecule has 0 radical (unpaired) electrons. The molecule has 2 aromatic carbocycles. The maximum absolute atomic E-state index is 13.1. The van der Waals surface area contributed by atoms with Crippen LogP contribution in [0, 0.1) is 0 Å². The number of nitrogens with one attached hydrogen (secondary N) is 2. The lowest BCUT2D eigenvalue weighted by Gasteiger charge is -2.26. The number of amides is 2. The fraction of sp³-hybridized carbons (Fsp3) is 0.333. The van der Waals surface area contributed by atoms with Crippen LogP contribution >= 0.6 is 0 Å². The molecule has 0 aromatic heterocycles. The average Bonchev–Trinajstić information content (AvgIpc) is 2.68. The minimum atomic E-state index is -3.64. The van der Waals surface area contributed by atoms with Gasteiger partial charge >= 0.3 is 0 Å². The van der Waals surface area contributed by atoms with E-state index in [2.05, 4.69) is 10.6 Å². The van der Waals surface area contributed by atoms with Gasteiger partial charge in [-0.3, -0.25) is 9.59 Å². The molecular weight excluding hydrogens is 390 g/mol. The quantitative estimate of drug-likeness (QED) is 0.613. The van der Waals surface area contributed by atoms with E-state index in [-0.39, 0.29) is 5.91 Å². The van der Waals surface area contributed by atoms with Gasteiger partial charge in [-0.1, -0.05) is 55.8 Å². The molecule has 0 saturated heterocycles. The van der Waals surface area contributed by atoms with E-state index in [9.17, 15) is 18.0 Å². The van der Waals surface area contributed by atoms with E-state index in [1.807, 2.05) is 6.92 Å². The number of para-hydroxylation sites is 1. The Kier molecular flexibility index (Phi) is 7.92. The number of carbonyl (C=O) groups is 2. The molecule has 0 heterocycles. The van der Waals surface area contributed by atoms with Gasteiger partial charge in [-0.25, -0.2) is 8.42 Å². The number of rotatable bonds is 9. The predicted molar refractivity (Wildman–Crippen MR) is 114 cm³/mol. The minimum Gasteiger partial charge on any atom is -0.352 e. The highest BCUT2D eigenvalue weighted by Crippen LogP contribution is 2.25. The number of nitrogens with zero attached hydrogens (tertiary/aromatic N) is 1. The number of benzene rings is 2. The molecule has 7 nitrogen and oxygen atoms in total. The summed E-state index contributed by atoms with van der Waals surface area (Å²) in [5.41, 5.74) is 1.18. The Morgan fingerprint density at radius 3 is 2.28 bits per heavy atom. The van der Waals surface area contributed by atoms with Gasteiger partial charge in [-0.15, -0.1) is 0 Å². The second-order valence-corrected chi connectivity index (χ2v) is 8.78. The molecule has 29 heavy (non-hydrogen) atoms. The van der Waals surface area contributed by atoms with Crippen LogP contribution < -0.4 is 10.6 Å². The van der Waals surface area contributed by atoms with E-state index in [0.717, 1.165) is 23.4 Å². The van der Waals surface area contributed by atoms with E-state index < -0.39 is 22.0 Å². The van der Waals surface area contributed by atoms with E-state index >= 15 is 0 Å². The molecule has 0 fully saturated rings. The molecular formula is C21H27N3O4S. The van der Waals surface area contributed by atoms with Crippen LogP contribution in [0.4, 0.5) is 5.69 Å². The number of unbranched alkanes of at least 4 members (excludes halogenated alkanes) is 1. The molecule has 0 aliphatic rings. The highest BCUT2D eigenvalue weighted by molar-refractivity contribution is 7.88. The lowest BCUT2D eigenvalue weighted by molar-refractivity contribution is -0.119. The van der Waals surface area contributed by atoms with Gasteiger partial charge in [-0.05, 0) is 24.1 Å². The van der Waals surface area contributed by atoms with Gasteiger partial charge in [-0.2, -0.15) is 4.31 Å². The standard InChI is InChI=1S/C21H27N3O4S/c1-4-5-15-22-20(25)17-13-9-10-14-18(17)23-21(26)19(24(2)29(3,27)28)16-11-7-6-8-12-16/h6-14,19H,4-5,15H2,1-3H3,(H,22,25)(H,23,26). The van der Waals surface area contributed by atoms with Crippen molar-refractivity contribution in [3.63, 3.8) is 0 Å². The third kappa shape index (κ3) is 6.13. The Balaban J connectivity index is 2.32. The zero-order chi connectivity index (χ0) is 21.4.